The number of hydrogen-bond acceptors (Lipinski definition) is 3. The first-order valence-electron chi connectivity index (χ1n) is 5.78. The maximum atomic E-state index is 11.0. The fraction of sp³-hybridized carbons (Fsp3) is 0.462. The lowest BCUT2D eigenvalue weighted by Crippen LogP contribution is -2.40. The molecule has 0 amide bonds. The Morgan fingerprint density at radius 2 is 2.29 bits per heavy atom. The van der Waals surface area contributed by atoms with Gasteiger partial charge >= 0.3 is 5.97 Å². The van der Waals surface area contributed by atoms with E-state index in [0.717, 1.165) is 29.3 Å². The molecule has 4 heteroatoms. The summed E-state index contributed by atoms with van der Waals surface area (Å²) < 4.78 is 0. The molecule has 92 valence electrons. The van der Waals surface area contributed by atoms with E-state index in [-0.39, 0.29) is 0 Å². The minimum absolute atomic E-state index is 0.396. The number of anilines is 1. The summed E-state index contributed by atoms with van der Waals surface area (Å²) in [5.74, 6) is 1.43. The standard InChI is InChI=1S/C13H17NO2S/c1-9-7-11(3-4-12(9)13(15)16)14-5-6-17-8-10(14)2/h3-4,7,10H,5-6,8H2,1-2H3,(H,15,16). The Labute approximate surface area is 106 Å². The second-order valence-corrected chi connectivity index (χ2v) is 5.57. The molecular formula is C13H17NO2S. The lowest BCUT2D eigenvalue weighted by Gasteiger charge is -2.35. The summed E-state index contributed by atoms with van der Waals surface area (Å²) >= 11 is 1.98. The SMILES string of the molecule is Cc1cc(N2CCSCC2C)ccc1C(=O)O. The van der Waals surface area contributed by atoms with E-state index in [1.165, 1.54) is 0 Å². The van der Waals surface area contributed by atoms with Gasteiger partial charge in [0.05, 0.1) is 5.56 Å². The molecule has 1 saturated heterocycles. The molecule has 1 N–H and O–H groups in total. The number of nitrogens with zero attached hydrogens (tertiary/aromatic N) is 1. The van der Waals surface area contributed by atoms with Gasteiger partial charge in [-0.15, -0.1) is 0 Å². The molecule has 1 atom stereocenters. The molecule has 1 heterocycles. The van der Waals surface area contributed by atoms with E-state index in [0.29, 0.717) is 11.6 Å². The molecule has 1 aromatic carbocycles. The molecule has 0 saturated carbocycles. The third-order valence-corrected chi connectivity index (χ3v) is 4.33. The van der Waals surface area contributed by atoms with E-state index in [4.69, 9.17) is 5.11 Å². The van der Waals surface area contributed by atoms with E-state index < -0.39 is 5.97 Å². The highest BCUT2D eigenvalue weighted by Gasteiger charge is 2.19. The number of carboxylic acid groups (broad SMARTS) is 1. The zero-order valence-corrected chi connectivity index (χ0v) is 11.0. The van der Waals surface area contributed by atoms with E-state index in [1.807, 2.05) is 30.8 Å². The van der Waals surface area contributed by atoms with E-state index >= 15 is 0 Å². The average molecular weight is 251 g/mol. The molecule has 1 unspecified atom stereocenters. The zero-order chi connectivity index (χ0) is 12.4. The van der Waals surface area contributed by atoms with Crippen molar-refractivity contribution in [2.45, 2.75) is 19.9 Å². The van der Waals surface area contributed by atoms with Crippen LogP contribution < -0.4 is 4.90 Å². The molecule has 0 spiro atoms. The van der Waals surface area contributed by atoms with E-state index in [9.17, 15) is 4.79 Å². The van der Waals surface area contributed by atoms with Crippen molar-refractivity contribution in [2.75, 3.05) is 23.0 Å². The Balaban J connectivity index is 2.27. The molecule has 0 radical (unpaired) electrons. The van der Waals surface area contributed by atoms with Gasteiger partial charge < -0.3 is 10.0 Å². The Hall–Kier alpha value is -1.16. The van der Waals surface area contributed by atoms with Crippen LogP contribution in [0.5, 0.6) is 0 Å². The van der Waals surface area contributed by atoms with E-state index in [1.54, 1.807) is 6.07 Å². The van der Waals surface area contributed by atoms with Crippen LogP contribution in [0.15, 0.2) is 18.2 Å². The zero-order valence-electron chi connectivity index (χ0n) is 10.1. The van der Waals surface area contributed by atoms with Gasteiger partial charge in [-0.25, -0.2) is 4.79 Å². The van der Waals surface area contributed by atoms with Crippen molar-refractivity contribution in [1.82, 2.24) is 0 Å². The molecule has 1 aliphatic rings. The minimum Gasteiger partial charge on any atom is -0.478 e. The maximum absolute atomic E-state index is 11.0. The topological polar surface area (TPSA) is 40.5 Å². The Kier molecular flexibility index (Phi) is 3.62. The van der Waals surface area contributed by atoms with Crippen LogP contribution in [0.25, 0.3) is 0 Å². The quantitative estimate of drug-likeness (QED) is 0.877. The first-order chi connectivity index (χ1) is 8.09. The lowest BCUT2D eigenvalue weighted by atomic mass is 10.1. The first kappa shape index (κ1) is 12.3. The van der Waals surface area contributed by atoms with Crippen molar-refractivity contribution in [3.05, 3.63) is 29.3 Å². The fourth-order valence-corrected chi connectivity index (χ4v) is 3.19. The summed E-state index contributed by atoms with van der Waals surface area (Å²) in [6, 6.07) is 6.13. The van der Waals surface area contributed by atoms with Crippen LogP contribution in [-0.2, 0) is 0 Å². The lowest BCUT2D eigenvalue weighted by molar-refractivity contribution is 0.0696. The van der Waals surface area contributed by atoms with Gasteiger partial charge in [0.15, 0.2) is 0 Å². The van der Waals surface area contributed by atoms with Gasteiger partial charge in [-0.3, -0.25) is 0 Å². The average Bonchev–Trinajstić information content (AvgIpc) is 2.29. The first-order valence-corrected chi connectivity index (χ1v) is 6.93. The number of carbonyl (C=O) groups is 1. The highest BCUT2D eigenvalue weighted by atomic mass is 32.2. The van der Waals surface area contributed by atoms with Crippen molar-refractivity contribution >= 4 is 23.4 Å². The van der Waals surface area contributed by atoms with Crippen LogP contribution in [0.4, 0.5) is 5.69 Å². The van der Waals surface area contributed by atoms with Gasteiger partial charge in [0, 0.05) is 29.8 Å². The predicted molar refractivity (Wildman–Crippen MR) is 72.3 cm³/mol. The maximum Gasteiger partial charge on any atom is 0.335 e. The molecular weight excluding hydrogens is 234 g/mol. The molecule has 1 fully saturated rings. The number of aromatic carboxylic acids is 1. The largest absolute Gasteiger partial charge is 0.478 e. The Morgan fingerprint density at radius 3 is 2.88 bits per heavy atom. The molecule has 1 aromatic rings. The van der Waals surface area contributed by atoms with Crippen molar-refractivity contribution in [3.63, 3.8) is 0 Å². The summed E-state index contributed by atoms with van der Waals surface area (Å²) in [5, 5.41) is 9.00. The third kappa shape index (κ3) is 2.57. The van der Waals surface area contributed by atoms with Crippen LogP contribution in [0.3, 0.4) is 0 Å². The van der Waals surface area contributed by atoms with Crippen molar-refractivity contribution in [2.24, 2.45) is 0 Å². The summed E-state index contributed by atoms with van der Waals surface area (Å²) in [4.78, 5) is 13.3. The normalized spacial score (nSPS) is 20.4. The van der Waals surface area contributed by atoms with Crippen molar-refractivity contribution in [1.29, 1.82) is 0 Å². The van der Waals surface area contributed by atoms with Gasteiger partial charge in [0.25, 0.3) is 0 Å². The molecule has 2 rings (SSSR count). The summed E-state index contributed by atoms with van der Waals surface area (Å²) in [6.45, 7) is 5.11. The van der Waals surface area contributed by atoms with Gasteiger partial charge in [-0.05, 0) is 37.6 Å². The van der Waals surface area contributed by atoms with Gasteiger partial charge in [0.1, 0.15) is 0 Å². The minimum atomic E-state index is -0.851. The van der Waals surface area contributed by atoms with Crippen LogP contribution in [0.1, 0.15) is 22.8 Å². The van der Waals surface area contributed by atoms with Crippen LogP contribution >= 0.6 is 11.8 Å². The summed E-state index contributed by atoms with van der Waals surface area (Å²) in [7, 11) is 0. The predicted octanol–water partition coefficient (Wildman–Crippen LogP) is 2.63. The molecule has 0 bridgehead atoms. The number of rotatable bonds is 2. The van der Waals surface area contributed by atoms with Crippen LogP contribution in [-0.4, -0.2) is 35.2 Å². The molecule has 1 aliphatic heterocycles. The molecule has 3 nitrogen and oxygen atoms in total. The third-order valence-electron chi connectivity index (χ3n) is 3.14. The highest BCUT2D eigenvalue weighted by Crippen LogP contribution is 2.25. The van der Waals surface area contributed by atoms with E-state index in [2.05, 4.69) is 11.8 Å². The molecule has 17 heavy (non-hydrogen) atoms. The summed E-state index contributed by atoms with van der Waals surface area (Å²) in [6.07, 6.45) is 0. The molecule has 0 aliphatic carbocycles. The molecule has 0 aromatic heterocycles. The number of aryl methyl sites for hydroxylation is 1. The Bertz CT molecular complexity index is 433. The second-order valence-electron chi connectivity index (χ2n) is 4.42. The number of thioether (sulfide) groups is 1. The highest BCUT2D eigenvalue weighted by molar-refractivity contribution is 7.99. The Morgan fingerprint density at radius 1 is 1.53 bits per heavy atom. The van der Waals surface area contributed by atoms with Gasteiger partial charge in [0.2, 0.25) is 0 Å². The number of carboxylic acids is 1. The van der Waals surface area contributed by atoms with Crippen molar-refractivity contribution in [3.8, 4) is 0 Å². The fourth-order valence-electron chi connectivity index (χ4n) is 2.18. The van der Waals surface area contributed by atoms with Crippen LogP contribution in [0.2, 0.25) is 0 Å². The smallest absolute Gasteiger partial charge is 0.335 e. The van der Waals surface area contributed by atoms with Gasteiger partial charge in [-0.2, -0.15) is 11.8 Å². The van der Waals surface area contributed by atoms with Crippen molar-refractivity contribution < 1.29 is 9.90 Å². The number of benzene rings is 1. The van der Waals surface area contributed by atoms with Gasteiger partial charge in [-0.1, -0.05) is 0 Å². The monoisotopic (exact) mass is 251 g/mol. The summed E-state index contributed by atoms with van der Waals surface area (Å²) in [5.41, 5.74) is 2.37. The second kappa shape index (κ2) is 5.00. The number of hydrogen-bond donors (Lipinski definition) is 1. The van der Waals surface area contributed by atoms with Crippen LogP contribution in [0, 0.1) is 6.92 Å².